The topological polar surface area (TPSA) is 85.4 Å². The van der Waals surface area contributed by atoms with Crippen molar-refractivity contribution in [2.45, 2.75) is 19.5 Å². The van der Waals surface area contributed by atoms with Crippen molar-refractivity contribution in [3.63, 3.8) is 0 Å². The highest BCUT2D eigenvalue weighted by Crippen LogP contribution is 2.33. The molecule has 0 aliphatic rings. The summed E-state index contributed by atoms with van der Waals surface area (Å²) >= 11 is 0. The molecule has 0 saturated carbocycles. The number of pyridine rings is 1. The second-order valence-corrected chi connectivity index (χ2v) is 3.22. The van der Waals surface area contributed by atoms with Gasteiger partial charge in [-0.2, -0.15) is 0 Å². The molecular formula is C9H8F4N2O3. The number of nitrogens with two attached hydrogens (primary N) is 1. The Morgan fingerprint density at radius 2 is 2.11 bits per heavy atom. The molecule has 3 N–H and O–H groups in total. The number of nitrogens with zero attached hydrogens (tertiary/aromatic N) is 1. The fourth-order valence-electron chi connectivity index (χ4n) is 1.25. The van der Waals surface area contributed by atoms with E-state index in [1.54, 1.807) is 0 Å². The summed E-state index contributed by atoms with van der Waals surface area (Å²) in [5.41, 5.74) is 3.89. The molecule has 0 aromatic carbocycles. The normalized spacial score (nSPS) is 11.3. The Kier molecular flexibility index (Phi) is 3.94. The quantitative estimate of drug-likeness (QED) is 0.811. The third-order valence-corrected chi connectivity index (χ3v) is 1.92. The molecule has 0 saturated heterocycles. The van der Waals surface area contributed by atoms with Gasteiger partial charge in [0.15, 0.2) is 5.75 Å². The molecule has 9 heteroatoms. The number of carboxylic acids is 1. The minimum absolute atomic E-state index is 0.311. The highest BCUT2D eigenvalue weighted by molar-refractivity contribution is 5.74. The van der Waals surface area contributed by atoms with Crippen LogP contribution in [0.2, 0.25) is 0 Å². The van der Waals surface area contributed by atoms with Gasteiger partial charge in [-0.3, -0.25) is 9.78 Å². The number of anilines is 1. The first kappa shape index (κ1) is 14.0. The van der Waals surface area contributed by atoms with Crippen LogP contribution in [0.3, 0.4) is 0 Å². The van der Waals surface area contributed by atoms with Crippen molar-refractivity contribution in [3.8, 4) is 5.75 Å². The number of rotatable bonds is 4. The first-order valence-corrected chi connectivity index (χ1v) is 4.54. The number of hydrogen-bond donors (Lipinski definition) is 2. The summed E-state index contributed by atoms with van der Waals surface area (Å²) in [5.74, 6) is -2.42. The van der Waals surface area contributed by atoms with Crippen molar-refractivity contribution in [2.24, 2.45) is 0 Å². The number of nitrogen functional groups attached to an aromatic ring is 1. The van der Waals surface area contributed by atoms with Gasteiger partial charge in [-0.15, -0.1) is 13.2 Å². The Bertz CT molecular complexity index is 462. The Morgan fingerprint density at radius 1 is 1.50 bits per heavy atom. The smallest absolute Gasteiger partial charge is 0.481 e. The fraction of sp³-hybridized carbons (Fsp3) is 0.333. The number of carboxylic acid groups (broad SMARTS) is 1. The van der Waals surface area contributed by atoms with Crippen molar-refractivity contribution in [1.82, 2.24) is 4.98 Å². The third-order valence-electron chi connectivity index (χ3n) is 1.92. The number of hydrogen-bond acceptors (Lipinski definition) is 4. The molecule has 1 aromatic rings. The van der Waals surface area contributed by atoms with E-state index in [4.69, 9.17) is 10.8 Å². The van der Waals surface area contributed by atoms with Crippen LogP contribution in [-0.2, 0) is 17.9 Å². The summed E-state index contributed by atoms with van der Waals surface area (Å²) in [4.78, 5) is 13.9. The van der Waals surface area contributed by atoms with Crippen LogP contribution in [0.1, 0.15) is 11.3 Å². The first-order chi connectivity index (χ1) is 8.24. The molecule has 0 atom stereocenters. The molecule has 0 aliphatic carbocycles. The van der Waals surface area contributed by atoms with Crippen molar-refractivity contribution in [3.05, 3.63) is 17.5 Å². The van der Waals surface area contributed by atoms with Crippen LogP contribution in [0.4, 0.5) is 23.2 Å². The summed E-state index contributed by atoms with van der Waals surface area (Å²) < 4.78 is 52.5. The number of alkyl halides is 4. The molecule has 0 unspecified atom stereocenters. The number of aliphatic carboxylic acids is 1. The molecular weight excluding hydrogens is 260 g/mol. The van der Waals surface area contributed by atoms with Crippen molar-refractivity contribution in [1.29, 1.82) is 0 Å². The van der Waals surface area contributed by atoms with E-state index in [2.05, 4.69) is 9.72 Å². The molecule has 18 heavy (non-hydrogen) atoms. The van der Waals surface area contributed by atoms with E-state index < -0.39 is 42.4 Å². The molecule has 1 rings (SSSR count). The van der Waals surface area contributed by atoms with Gasteiger partial charge in [-0.25, -0.2) is 4.39 Å². The Balaban J connectivity index is 3.31. The summed E-state index contributed by atoms with van der Waals surface area (Å²) in [6.07, 6.45) is -5.03. The molecule has 0 spiro atoms. The van der Waals surface area contributed by atoms with E-state index in [1.165, 1.54) is 0 Å². The molecule has 100 valence electrons. The minimum atomic E-state index is -5.09. The molecule has 0 fully saturated rings. The van der Waals surface area contributed by atoms with Crippen LogP contribution in [0.15, 0.2) is 6.20 Å². The standard InChI is InChI=1S/C9H8F4N2O3/c10-2-6-8(18-9(11,12)13)4(1-7(16)17)5(14)3-15-6/h3H,1-2,14H2,(H,16,17). The van der Waals surface area contributed by atoms with Crippen LogP contribution in [0.25, 0.3) is 0 Å². The second-order valence-electron chi connectivity index (χ2n) is 3.22. The van der Waals surface area contributed by atoms with Gasteiger partial charge in [0.25, 0.3) is 0 Å². The third kappa shape index (κ3) is 3.47. The SMILES string of the molecule is Nc1cnc(CF)c(OC(F)(F)F)c1CC(=O)O. The summed E-state index contributed by atoms with van der Waals surface area (Å²) in [7, 11) is 0. The Morgan fingerprint density at radius 3 is 2.56 bits per heavy atom. The van der Waals surface area contributed by atoms with Gasteiger partial charge in [-0.1, -0.05) is 0 Å². The lowest BCUT2D eigenvalue weighted by molar-refractivity contribution is -0.275. The summed E-state index contributed by atoms with van der Waals surface area (Å²) in [5, 5.41) is 8.57. The Hall–Kier alpha value is -2.06. The van der Waals surface area contributed by atoms with E-state index in [0.717, 1.165) is 6.20 Å². The number of ether oxygens (including phenoxy) is 1. The lowest BCUT2D eigenvalue weighted by Crippen LogP contribution is -2.21. The highest BCUT2D eigenvalue weighted by Gasteiger charge is 2.34. The van der Waals surface area contributed by atoms with Gasteiger partial charge in [-0.05, 0) is 0 Å². The number of aromatic nitrogens is 1. The van der Waals surface area contributed by atoms with E-state index in [-0.39, 0.29) is 5.69 Å². The average molecular weight is 268 g/mol. The van der Waals surface area contributed by atoms with E-state index in [9.17, 15) is 22.4 Å². The average Bonchev–Trinajstić information content (AvgIpc) is 2.21. The molecule has 0 amide bonds. The van der Waals surface area contributed by atoms with Crippen molar-refractivity contribution in [2.75, 3.05) is 5.73 Å². The lowest BCUT2D eigenvalue weighted by atomic mass is 10.1. The van der Waals surface area contributed by atoms with E-state index >= 15 is 0 Å². The molecule has 0 radical (unpaired) electrons. The largest absolute Gasteiger partial charge is 0.573 e. The van der Waals surface area contributed by atoms with Crippen LogP contribution in [-0.4, -0.2) is 22.4 Å². The zero-order valence-electron chi connectivity index (χ0n) is 8.79. The molecule has 1 aromatic heterocycles. The van der Waals surface area contributed by atoms with Gasteiger partial charge in [0, 0.05) is 5.56 Å². The van der Waals surface area contributed by atoms with E-state index in [1.807, 2.05) is 0 Å². The van der Waals surface area contributed by atoms with E-state index in [0.29, 0.717) is 0 Å². The lowest BCUT2D eigenvalue weighted by Gasteiger charge is -2.16. The highest BCUT2D eigenvalue weighted by atomic mass is 19.4. The molecule has 1 heterocycles. The van der Waals surface area contributed by atoms with Gasteiger partial charge in [0.05, 0.1) is 18.3 Å². The number of carbonyl (C=O) groups is 1. The van der Waals surface area contributed by atoms with Gasteiger partial charge < -0.3 is 15.6 Å². The maximum absolute atomic E-state index is 12.5. The fourth-order valence-corrected chi connectivity index (χ4v) is 1.25. The van der Waals surface area contributed by atoms with Gasteiger partial charge in [0.1, 0.15) is 12.4 Å². The predicted molar refractivity (Wildman–Crippen MR) is 51.5 cm³/mol. The molecule has 0 bridgehead atoms. The van der Waals surface area contributed by atoms with Crippen LogP contribution < -0.4 is 10.5 Å². The predicted octanol–water partition coefficient (Wildman–Crippen LogP) is 1.66. The molecule has 0 aliphatic heterocycles. The minimum Gasteiger partial charge on any atom is -0.481 e. The first-order valence-electron chi connectivity index (χ1n) is 4.54. The van der Waals surface area contributed by atoms with Crippen LogP contribution in [0, 0.1) is 0 Å². The maximum atomic E-state index is 12.5. The van der Waals surface area contributed by atoms with Crippen molar-refractivity contribution >= 4 is 11.7 Å². The maximum Gasteiger partial charge on any atom is 0.573 e. The van der Waals surface area contributed by atoms with Gasteiger partial charge in [0.2, 0.25) is 0 Å². The number of halogens is 4. The van der Waals surface area contributed by atoms with Gasteiger partial charge >= 0.3 is 12.3 Å². The monoisotopic (exact) mass is 268 g/mol. The zero-order chi connectivity index (χ0) is 13.9. The zero-order valence-corrected chi connectivity index (χ0v) is 8.79. The second kappa shape index (κ2) is 5.07. The van der Waals surface area contributed by atoms with Crippen molar-refractivity contribution < 1.29 is 32.2 Å². The summed E-state index contributed by atoms with van der Waals surface area (Å²) in [6.45, 7) is -1.34. The molecule has 5 nitrogen and oxygen atoms in total. The van der Waals surface area contributed by atoms with Crippen LogP contribution in [0.5, 0.6) is 5.75 Å². The Labute approximate surface area is 98.2 Å². The summed E-state index contributed by atoms with van der Waals surface area (Å²) in [6, 6.07) is 0. The van der Waals surface area contributed by atoms with Crippen LogP contribution >= 0.6 is 0 Å².